The number of carbonyl (C=O) groups excluding carboxylic acids is 1. The number of carbonyl (C=O) groups is 1. The maximum atomic E-state index is 12.1. The molecule has 1 heterocycles. The summed E-state index contributed by atoms with van der Waals surface area (Å²) < 4.78 is 5.41. The van der Waals surface area contributed by atoms with E-state index in [-0.39, 0.29) is 5.97 Å². The Kier molecular flexibility index (Phi) is 4.68. The molecule has 1 aliphatic rings. The Balaban J connectivity index is 1.61. The number of rotatable bonds is 4. The van der Waals surface area contributed by atoms with Gasteiger partial charge in [0.25, 0.3) is 0 Å². The van der Waals surface area contributed by atoms with Crippen molar-refractivity contribution >= 4 is 17.3 Å². The summed E-state index contributed by atoms with van der Waals surface area (Å²) in [4.78, 5) is 16.5. The maximum absolute atomic E-state index is 12.1. The van der Waals surface area contributed by atoms with Crippen LogP contribution >= 0.6 is 11.3 Å². The molecule has 0 amide bonds. The van der Waals surface area contributed by atoms with E-state index in [0.717, 1.165) is 29.8 Å². The molecule has 0 radical (unpaired) electrons. The van der Waals surface area contributed by atoms with Crippen LogP contribution in [0.5, 0.6) is 0 Å². The largest absolute Gasteiger partial charge is 0.461 e. The molecule has 0 saturated heterocycles. The average molecular weight is 313 g/mol. The number of hydrogen-bond acceptors (Lipinski definition) is 4. The lowest BCUT2D eigenvalue weighted by atomic mass is 9.95. The smallest absolute Gasteiger partial charge is 0.357 e. The van der Waals surface area contributed by atoms with Crippen LogP contribution in [0.2, 0.25) is 0 Å². The molecule has 1 aromatic heterocycles. The van der Waals surface area contributed by atoms with Crippen LogP contribution in [0, 0.1) is 12.8 Å². The van der Waals surface area contributed by atoms with Crippen LogP contribution in [0.15, 0.2) is 41.8 Å². The summed E-state index contributed by atoms with van der Waals surface area (Å²) in [6.45, 7) is 2.54. The van der Waals surface area contributed by atoms with Gasteiger partial charge in [0.15, 0.2) is 5.69 Å². The maximum Gasteiger partial charge on any atom is 0.357 e. The number of hydrogen-bond donors (Lipinski definition) is 0. The van der Waals surface area contributed by atoms with E-state index >= 15 is 0 Å². The number of allylic oxidation sites excluding steroid dienone is 2. The van der Waals surface area contributed by atoms with Crippen LogP contribution in [-0.4, -0.2) is 17.6 Å². The highest BCUT2D eigenvalue weighted by molar-refractivity contribution is 7.13. The van der Waals surface area contributed by atoms with Gasteiger partial charge in [0.05, 0.1) is 6.61 Å². The number of benzene rings is 1. The standard InChI is InChI=1S/C18H19NO2S/c1-13-7-9-15(10-8-13)17-19-16(12-22-17)18(20)21-11-14-5-3-2-4-6-14/h2-3,7-10,12,14H,4-6,11H2,1H3. The minimum atomic E-state index is -0.316. The van der Waals surface area contributed by atoms with Crippen LogP contribution < -0.4 is 0 Å². The van der Waals surface area contributed by atoms with E-state index in [1.165, 1.54) is 16.9 Å². The molecule has 1 atom stereocenters. The zero-order valence-corrected chi connectivity index (χ0v) is 13.4. The van der Waals surface area contributed by atoms with Gasteiger partial charge in [0, 0.05) is 10.9 Å². The van der Waals surface area contributed by atoms with Crippen molar-refractivity contribution in [3.05, 3.63) is 53.1 Å². The molecule has 0 spiro atoms. The summed E-state index contributed by atoms with van der Waals surface area (Å²) in [5.41, 5.74) is 2.65. The number of nitrogens with zero attached hydrogens (tertiary/aromatic N) is 1. The second-order valence-electron chi connectivity index (χ2n) is 5.65. The fourth-order valence-electron chi connectivity index (χ4n) is 2.47. The first-order valence-corrected chi connectivity index (χ1v) is 8.45. The van der Waals surface area contributed by atoms with E-state index in [1.54, 1.807) is 5.38 Å². The number of aromatic nitrogens is 1. The second-order valence-corrected chi connectivity index (χ2v) is 6.51. The van der Waals surface area contributed by atoms with Gasteiger partial charge in [-0.1, -0.05) is 42.0 Å². The van der Waals surface area contributed by atoms with Crippen LogP contribution in [0.3, 0.4) is 0 Å². The first-order chi connectivity index (χ1) is 10.7. The van der Waals surface area contributed by atoms with Gasteiger partial charge < -0.3 is 4.74 Å². The zero-order chi connectivity index (χ0) is 15.4. The number of thiazole rings is 1. The van der Waals surface area contributed by atoms with Crippen LogP contribution in [-0.2, 0) is 4.74 Å². The van der Waals surface area contributed by atoms with Gasteiger partial charge >= 0.3 is 5.97 Å². The molecule has 114 valence electrons. The first kappa shape index (κ1) is 15.0. The molecule has 0 aliphatic heterocycles. The Bertz CT molecular complexity index is 673. The molecule has 0 fully saturated rings. The monoisotopic (exact) mass is 313 g/mol. The molecule has 0 N–H and O–H groups in total. The lowest BCUT2D eigenvalue weighted by molar-refractivity contribution is 0.0426. The number of aryl methyl sites for hydroxylation is 1. The Morgan fingerprint density at radius 2 is 2.14 bits per heavy atom. The molecule has 1 aromatic carbocycles. The van der Waals surface area contributed by atoms with Crippen LogP contribution in [0.4, 0.5) is 0 Å². The van der Waals surface area contributed by atoms with Crippen LogP contribution in [0.25, 0.3) is 10.6 Å². The molecule has 3 nitrogen and oxygen atoms in total. The Hall–Kier alpha value is -1.94. The average Bonchev–Trinajstić information content (AvgIpc) is 3.04. The van der Waals surface area contributed by atoms with E-state index < -0.39 is 0 Å². The summed E-state index contributed by atoms with van der Waals surface area (Å²) in [6.07, 6.45) is 7.53. The van der Waals surface area contributed by atoms with E-state index in [4.69, 9.17) is 4.74 Å². The summed E-state index contributed by atoms with van der Waals surface area (Å²) in [7, 11) is 0. The lowest BCUT2D eigenvalue weighted by Gasteiger charge is -2.16. The van der Waals surface area contributed by atoms with Crippen LogP contribution in [0.1, 0.15) is 35.3 Å². The summed E-state index contributed by atoms with van der Waals surface area (Å²) >= 11 is 1.48. The molecular weight excluding hydrogens is 294 g/mol. The zero-order valence-electron chi connectivity index (χ0n) is 12.6. The third-order valence-corrected chi connectivity index (χ3v) is 4.73. The van der Waals surface area contributed by atoms with E-state index in [2.05, 4.69) is 24.1 Å². The normalized spacial score (nSPS) is 17.4. The van der Waals surface area contributed by atoms with E-state index in [9.17, 15) is 4.79 Å². The van der Waals surface area contributed by atoms with Crippen molar-refractivity contribution in [2.45, 2.75) is 26.2 Å². The highest BCUT2D eigenvalue weighted by atomic mass is 32.1. The third-order valence-electron chi connectivity index (χ3n) is 3.84. The quantitative estimate of drug-likeness (QED) is 0.610. The number of esters is 1. The van der Waals surface area contributed by atoms with Gasteiger partial charge in [-0.15, -0.1) is 11.3 Å². The SMILES string of the molecule is Cc1ccc(-c2nc(C(=O)OCC3CC=CCC3)cs2)cc1. The van der Waals surface area contributed by atoms with Gasteiger partial charge in [-0.2, -0.15) is 0 Å². The van der Waals surface area contributed by atoms with Gasteiger partial charge in [-0.05, 0) is 32.1 Å². The Morgan fingerprint density at radius 3 is 2.86 bits per heavy atom. The van der Waals surface area contributed by atoms with Crippen molar-refractivity contribution in [3.8, 4) is 10.6 Å². The molecule has 1 aliphatic carbocycles. The van der Waals surface area contributed by atoms with Crippen molar-refractivity contribution in [1.29, 1.82) is 0 Å². The molecular formula is C18H19NO2S. The van der Waals surface area contributed by atoms with Crippen molar-refractivity contribution in [1.82, 2.24) is 4.98 Å². The van der Waals surface area contributed by atoms with Crippen molar-refractivity contribution in [2.75, 3.05) is 6.61 Å². The van der Waals surface area contributed by atoms with Crippen molar-refractivity contribution < 1.29 is 9.53 Å². The van der Waals surface area contributed by atoms with Crippen molar-refractivity contribution in [3.63, 3.8) is 0 Å². The summed E-state index contributed by atoms with van der Waals surface area (Å²) in [5, 5.41) is 2.63. The summed E-state index contributed by atoms with van der Waals surface area (Å²) in [5.74, 6) is 0.133. The van der Waals surface area contributed by atoms with Gasteiger partial charge in [0.2, 0.25) is 0 Å². The second kappa shape index (κ2) is 6.88. The van der Waals surface area contributed by atoms with E-state index in [0.29, 0.717) is 18.2 Å². The van der Waals surface area contributed by atoms with E-state index in [1.807, 2.05) is 24.3 Å². The Morgan fingerprint density at radius 1 is 1.32 bits per heavy atom. The molecule has 1 unspecified atom stereocenters. The van der Waals surface area contributed by atoms with Gasteiger partial charge in [0.1, 0.15) is 5.01 Å². The highest BCUT2D eigenvalue weighted by Crippen LogP contribution is 2.25. The molecule has 0 saturated carbocycles. The topological polar surface area (TPSA) is 39.2 Å². The predicted octanol–water partition coefficient (Wildman–Crippen LogP) is 4.63. The van der Waals surface area contributed by atoms with Gasteiger partial charge in [-0.25, -0.2) is 9.78 Å². The fourth-order valence-corrected chi connectivity index (χ4v) is 3.27. The Labute approximate surface area is 134 Å². The van der Waals surface area contributed by atoms with Crippen molar-refractivity contribution in [2.24, 2.45) is 5.92 Å². The molecule has 22 heavy (non-hydrogen) atoms. The summed E-state index contributed by atoms with van der Waals surface area (Å²) in [6, 6.07) is 8.14. The molecule has 4 heteroatoms. The first-order valence-electron chi connectivity index (χ1n) is 7.57. The minimum Gasteiger partial charge on any atom is -0.461 e. The fraction of sp³-hybridized carbons (Fsp3) is 0.333. The molecule has 2 aromatic rings. The lowest BCUT2D eigenvalue weighted by Crippen LogP contribution is -2.15. The third kappa shape index (κ3) is 3.63. The predicted molar refractivity (Wildman–Crippen MR) is 89.1 cm³/mol. The number of ether oxygens (including phenoxy) is 1. The highest BCUT2D eigenvalue weighted by Gasteiger charge is 2.16. The molecule has 3 rings (SSSR count). The molecule has 0 bridgehead atoms. The minimum absolute atomic E-state index is 0.316. The van der Waals surface area contributed by atoms with Gasteiger partial charge in [-0.3, -0.25) is 0 Å².